The van der Waals surface area contributed by atoms with Gasteiger partial charge in [-0.25, -0.2) is 9.79 Å². The predicted octanol–water partition coefficient (Wildman–Crippen LogP) is 4.31. The Balaban J connectivity index is 2.09. The maximum absolute atomic E-state index is 11.9. The van der Waals surface area contributed by atoms with Crippen LogP contribution in [0.3, 0.4) is 0 Å². The van der Waals surface area contributed by atoms with Crippen molar-refractivity contribution >= 4 is 39.5 Å². The van der Waals surface area contributed by atoms with Gasteiger partial charge in [0.05, 0.1) is 0 Å². The number of esters is 1. The molecule has 0 saturated carbocycles. The number of hydrogen-bond donors (Lipinski definition) is 0. The number of fused-ring (bicyclic) bond motifs is 2. The lowest BCUT2D eigenvalue weighted by atomic mass is 9.96. The third-order valence-electron chi connectivity index (χ3n) is 3.82. The first-order valence-corrected chi connectivity index (χ1v) is 7.12. The number of ether oxygens (including phenoxy) is 1. The van der Waals surface area contributed by atoms with Crippen LogP contribution in [0, 0.1) is 0 Å². The molecule has 4 rings (SSSR count). The normalized spacial score (nSPS) is 16.3. The average Bonchev–Trinajstić information content (AvgIpc) is 2.84. The maximum atomic E-state index is 11.9. The predicted molar refractivity (Wildman–Crippen MR) is 88.6 cm³/mol. The highest BCUT2D eigenvalue weighted by Gasteiger charge is 2.20. The Bertz CT molecular complexity index is 929. The first kappa shape index (κ1) is 12.8. The van der Waals surface area contributed by atoms with Crippen molar-refractivity contribution in [3.05, 3.63) is 65.9 Å². The first-order valence-electron chi connectivity index (χ1n) is 7.12. The number of carbonyl (C=O) groups excluding carboxylic acids is 1. The van der Waals surface area contributed by atoms with E-state index in [-0.39, 0.29) is 0 Å². The number of benzene rings is 3. The van der Waals surface area contributed by atoms with Crippen LogP contribution >= 0.6 is 0 Å². The van der Waals surface area contributed by atoms with E-state index in [1.165, 1.54) is 0 Å². The molecule has 0 radical (unpaired) electrons. The summed E-state index contributed by atoms with van der Waals surface area (Å²) < 4.78 is 5.01. The lowest BCUT2D eigenvalue weighted by molar-refractivity contribution is -0.130. The second-order valence-corrected chi connectivity index (χ2v) is 5.28. The Kier molecular flexibility index (Phi) is 2.79. The summed E-state index contributed by atoms with van der Waals surface area (Å²) in [7, 11) is 0. The highest BCUT2D eigenvalue weighted by atomic mass is 16.6. The summed E-state index contributed by atoms with van der Waals surface area (Å²) in [6.45, 7) is 1.68. The minimum Gasteiger partial charge on any atom is -0.407 e. The average molecular weight is 287 g/mol. The van der Waals surface area contributed by atoms with Gasteiger partial charge < -0.3 is 4.74 Å². The van der Waals surface area contributed by atoms with E-state index in [9.17, 15) is 4.79 Å². The quantitative estimate of drug-likeness (QED) is 0.380. The molecule has 3 aromatic carbocycles. The van der Waals surface area contributed by atoms with Crippen molar-refractivity contribution in [2.45, 2.75) is 6.92 Å². The van der Waals surface area contributed by atoms with Gasteiger partial charge in [0.2, 0.25) is 0 Å². The third-order valence-corrected chi connectivity index (χ3v) is 3.82. The maximum Gasteiger partial charge on any atom is 0.363 e. The Hall–Kier alpha value is -2.94. The molecule has 1 aliphatic heterocycles. The third kappa shape index (κ3) is 1.99. The topological polar surface area (TPSA) is 38.7 Å². The van der Waals surface area contributed by atoms with Gasteiger partial charge in [-0.3, -0.25) is 0 Å². The summed E-state index contributed by atoms with van der Waals surface area (Å²) in [5.41, 5.74) is 1.35. The molecule has 0 aromatic heterocycles. The van der Waals surface area contributed by atoms with Crippen LogP contribution < -0.4 is 0 Å². The number of nitrogens with zero attached hydrogens (tertiary/aromatic N) is 1. The molecule has 0 spiro atoms. The van der Waals surface area contributed by atoms with Gasteiger partial charge in [0.15, 0.2) is 11.6 Å². The van der Waals surface area contributed by atoms with Crippen LogP contribution in [0.1, 0.15) is 12.5 Å². The molecule has 3 heteroatoms. The zero-order valence-corrected chi connectivity index (χ0v) is 12.0. The second kappa shape index (κ2) is 4.81. The number of aliphatic imine (C=N–C) groups is 1. The zero-order chi connectivity index (χ0) is 15.1. The van der Waals surface area contributed by atoms with E-state index in [4.69, 9.17) is 4.74 Å². The Morgan fingerprint density at radius 2 is 1.55 bits per heavy atom. The fourth-order valence-electron chi connectivity index (χ4n) is 2.86. The van der Waals surface area contributed by atoms with Gasteiger partial charge in [0.25, 0.3) is 0 Å². The van der Waals surface area contributed by atoms with Gasteiger partial charge in [0, 0.05) is 6.92 Å². The Morgan fingerprint density at radius 3 is 2.09 bits per heavy atom. The molecule has 0 fully saturated rings. The fraction of sp³-hybridized carbons (Fsp3) is 0.0526. The van der Waals surface area contributed by atoms with Gasteiger partial charge >= 0.3 is 5.97 Å². The van der Waals surface area contributed by atoms with Crippen molar-refractivity contribution in [3.8, 4) is 0 Å². The molecule has 0 bridgehead atoms. The van der Waals surface area contributed by atoms with Crippen LogP contribution in [0.25, 0.3) is 27.6 Å². The van der Waals surface area contributed by atoms with Crippen molar-refractivity contribution < 1.29 is 9.53 Å². The SMILES string of the molecule is CC1=N/C(=C/c2c3ccccc3cc3ccccc23)C(=O)O1. The van der Waals surface area contributed by atoms with Crippen molar-refractivity contribution in [1.29, 1.82) is 0 Å². The Morgan fingerprint density at radius 1 is 0.955 bits per heavy atom. The molecule has 3 nitrogen and oxygen atoms in total. The van der Waals surface area contributed by atoms with Crippen molar-refractivity contribution in [3.63, 3.8) is 0 Å². The van der Waals surface area contributed by atoms with Crippen molar-refractivity contribution in [2.75, 3.05) is 0 Å². The standard InChI is InChI=1S/C19H13NO2/c1-12-20-18(19(21)22-12)11-17-15-8-4-2-6-13(15)10-14-7-3-5-9-16(14)17/h2-11H,1H3/b18-11+. The molecule has 0 N–H and O–H groups in total. The minimum absolute atomic E-state index is 0.346. The highest BCUT2D eigenvalue weighted by molar-refractivity contribution is 6.12. The van der Waals surface area contributed by atoms with Gasteiger partial charge in [-0.05, 0) is 39.3 Å². The van der Waals surface area contributed by atoms with Gasteiger partial charge in [-0.15, -0.1) is 0 Å². The first-order chi connectivity index (χ1) is 10.7. The van der Waals surface area contributed by atoms with Crippen molar-refractivity contribution in [2.24, 2.45) is 4.99 Å². The van der Waals surface area contributed by atoms with E-state index in [0.717, 1.165) is 27.1 Å². The zero-order valence-electron chi connectivity index (χ0n) is 12.0. The van der Waals surface area contributed by atoms with E-state index in [1.54, 1.807) is 6.92 Å². The summed E-state index contributed by atoms with van der Waals surface area (Å²) in [5, 5.41) is 4.47. The van der Waals surface area contributed by atoms with E-state index in [0.29, 0.717) is 11.6 Å². The van der Waals surface area contributed by atoms with Crippen LogP contribution in [-0.4, -0.2) is 11.9 Å². The van der Waals surface area contributed by atoms with Crippen molar-refractivity contribution in [1.82, 2.24) is 0 Å². The minimum atomic E-state index is -0.394. The van der Waals surface area contributed by atoms with Crippen LogP contribution in [-0.2, 0) is 9.53 Å². The Labute approximate surface area is 127 Å². The molecule has 1 aliphatic rings. The molecule has 0 aliphatic carbocycles. The summed E-state index contributed by atoms with van der Waals surface area (Å²) >= 11 is 0. The largest absolute Gasteiger partial charge is 0.407 e. The van der Waals surface area contributed by atoms with Crippen LogP contribution in [0.5, 0.6) is 0 Å². The van der Waals surface area contributed by atoms with Gasteiger partial charge in [-0.2, -0.15) is 0 Å². The number of cyclic esters (lactones) is 1. The van der Waals surface area contributed by atoms with E-state index >= 15 is 0 Å². The number of rotatable bonds is 1. The van der Waals surface area contributed by atoms with Gasteiger partial charge in [0.1, 0.15) is 0 Å². The number of carbonyl (C=O) groups is 1. The summed E-state index contributed by atoms with van der Waals surface area (Å²) in [5.74, 6) is -0.00434. The molecule has 22 heavy (non-hydrogen) atoms. The van der Waals surface area contributed by atoms with Crippen LogP contribution in [0.4, 0.5) is 0 Å². The number of hydrogen-bond acceptors (Lipinski definition) is 3. The molecule has 0 unspecified atom stereocenters. The second-order valence-electron chi connectivity index (χ2n) is 5.28. The van der Waals surface area contributed by atoms with E-state index in [2.05, 4.69) is 35.3 Å². The molecule has 3 aromatic rings. The summed E-state index contributed by atoms with van der Waals surface area (Å²) in [6.07, 6.45) is 1.82. The lowest BCUT2D eigenvalue weighted by Crippen LogP contribution is -2.00. The molecule has 1 heterocycles. The highest BCUT2D eigenvalue weighted by Crippen LogP contribution is 2.31. The molecule has 0 saturated heterocycles. The smallest absolute Gasteiger partial charge is 0.363 e. The van der Waals surface area contributed by atoms with Crippen LogP contribution in [0.15, 0.2) is 65.3 Å². The van der Waals surface area contributed by atoms with E-state index < -0.39 is 5.97 Å². The fourth-order valence-corrected chi connectivity index (χ4v) is 2.86. The molecule has 0 amide bonds. The monoisotopic (exact) mass is 287 g/mol. The molecule has 106 valence electrons. The van der Waals surface area contributed by atoms with Crippen LogP contribution in [0.2, 0.25) is 0 Å². The molecule has 0 atom stereocenters. The summed E-state index contributed by atoms with van der Waals surface area (Å²) in [6, 6.07) is 18.5. The molecular weight excluding hydrogens is 274 g/mol. The van der Waals surface area contributed by atoms with E-state index in [1.807, 2.05) is 30.3 Å². The molecular formula is C19H13NO2. The lowest BCUT2D eigenvalue weighted by Gasteiger charge is -2.08. The summed E-state index contributed by atoms with van der Waals surface area (Å²) in [4.78, 5) is 16.0. The van der Waals surface area contributed by atoms with Gasteiger partial charge in [-0.1, -0.05) is 48.5 Å².